The van der Waals surface area contributed by atoms with E-state index in [1.165, 1.54) is 5.01 Å². The molecule has 1 aromatic rings. The van der Waals surface area contributed by atoms with Gasteiger partial charge in [0.05, 0.1) is 18.4 Å². The van der Waals surface area contributed by atoms with Gasteiger partial charge < -0.3 is 5.32 Å². The van der Waals surface area contributed by atoms with Gasteiger partial charge in [0, 0.05) is 6.54 Å². The average Bonchev–Trinajstić information content (AvgIpc) is 2.74. The third-order valence-corrected chi connectivity index (χ3v) is 4.92. The van der Waals surface area contributed by atoms with E-state index in [1.807, 2.05) is 70.2 Å². The number of carbonyl (C=O) groups is 3. The van der Waals surface area contributed by atoms with Gasteiger partial charge in [0.2, 0.25) is 11.8 Å². The van der Waals surface area contributed by atoms with Crippen molar-refractivity contribution >= 4 is 36.2 Å². The molecule has 33 heavy (non-hydrogen) atoms. The van der Waals surface area contributed by atoms with Gasteiger partial charge in [0.25, 0.3) is 5.91 Å². The van der Waals surface area contributed by atoms with Gasteiger partial charge in [-0.2, -0.15) is 0 Å². The van der Waals surface area contributed by atoms with Crippen molar-refractivity contribution in [2.45, 2.75) is 40.5 Å². The van der Waals surface area contributed by atoms with Crippen LogP contribution in [0.4, 0.5) is 0 Å². The molecule has 0 saturated carbocycles. The Bertz CT molecular complexity index is 756. The molecule has 0 radical (unpaired) electrons. The number of hydrogen-bond acceptors (Lipinski definition) is 5. The summed E-state index contributed by atoms with van der Waals surface area (Å²) in [7, 11) is 1.66. The monoisotopic (exact) mass is 482 g/mol. The van der Waals surface area contributed by atoms with E-state index in [4.69, 9.17) is 0 Å². The lowest BCUT2D eigenvalue weighted by Gasteiger charge is -2.30. The first-order valence-corrected chi connectivity index (χ1v) is 11.1. The Morgan fingerprint density at radius 1 is 1.00 bits per heavy atom. The van der Waals surface area contributed by atoms with Crippen molar-refractivity contribution in [3.8, 4) is 0 Å². The molecule has 4 N–H and O–H groups in total. The maximum Gasteiger partial charge on any atom is 0.254 e. The van der Waals surface area contributed by atoms with Crippen LogP contribution in [0.25, 0.3) is 6.08 Å². The summed E-state index contributed by atoms with van der Waals surface area (Å²) in [6.07, 6.45) is 4.40. The molecule has 0 aliphatic rings. The summed E-state index contributed by atoms with van der Waals surface area (Å²) in [4.78, 5) is 38.2. The molecule has 0 heterocycles. The third kappa shape index (κ3) is 11.3. The summed E-state index contributed by atoms with van der Waals surface area (Å²) in [5, 5.41) is 13.4. The van der Waals surface area contributed by atoms with Crippen LogP contribution in [0.15, 0.2) is 36.4 Å². The molecule has 2 atom stereocenters. The summed E-state index contributed by atoms with van der Waals surface area (Å²) >= 11 is 0. The summed E-state index contributed by atoms with van der Waals surface area (Å²) in [6.45, 7) is 8.27. The molecule has 3 amide bonds. The van der Waals surface area contributed by atoms with Gasteiger partial charge in [-0.1, -0.05) is 70.2 Å². The highest BCUT2D eigenvalue weighted by Gasteiger charge is 2.34. The molecule has 8 nitrogen and oxygen atoms in total. The van der Waals surface area contributed by atoms with Gasteiger partial charge in [-0.3, -0.25) is 30.0 Å². The normalized spacial score (nSPS) is 12.8. The Morgan fingerprint density at radius 3 is 2.15 bits per heavy atom. The topological polar surface area (TPSA) is 111 Å². The van der Waals surface area contributed by atoms with Gasteiger partial charge in [0.15, 0.2) is 0 Å². The SMILES string of the molecule is CNCC(=O)N(CC(C)C)NC(=O)[C@H](CC(C)C)[C@H](C/C=C/c1ccccc1)C(=O)NO.Cl. The van der Waals surface area contributed by atoms with Crippen LogP contribution in [0.5, 0.6) is 0 Å². The lowest BCUT2D eigenvalue weighted by Crippen LogP contribution is -2.53. The Balaban J connectivity index is 0.0000102. The minimum absolute atomic E-state index is 0. The fraction of sp³-hybridized carbons (Fsp3) is 0.542. The van der Waals surface area contributed by atoms with Gasteiger partial charge in [-0.25, -0.2) is 5.48 Å². The molecule has 9 heteroatoms. The first-order chi connectivity index (χ1) is 15.2. The standard InChI is InChI=1S/C24H38N4O4.ClH/c1-17(2)14-21(23(30)26-28(16-18(3)4)22(29)15-25-5)20(24(31)27-32)13-9-12-19-10-7-6-8-11-19;/h6-12,17-18,20-21,25,32H,13-16H2,1-5H3,(H,26,30)(H,27,31);1H/b12-9+;/t20-,21+;/m0./s1. The molecular formula is C24H39ClN4O4. The van der Waals surface area contributed by atoms with Crippen molar-refractivity contribution in [1.29, 1.82) is 0 Å². The number of likely N-dealkylation sites (N-methyl/N-ethyl adjacent to an activating group) is 1. The number of allylic oxidation sites excluding steroid dienone is 1. The van der Waals surface area contributed by atoms with Crippen molar-refractivity contribution < 1.29 is 19.6 Å². The van der Waals surface area contributed by atoms with Gasteiger partial charge in [-0.15, -0.1) is 12.4 Å². The van der Waals surface area contributed by atoms with Crippen molar-refractivity contribution in [3.63, 3.8) is 0 Å². The zero-order valence-corrected chi connectivity index (χ0v) is 21.0. The molecule has 1 aromatic carbocycles. The number of hydrogen-bond donors (Lipinski definition) is 4. The number of hydroxylamine groups is 1. The van der Waals surface area contributed by atoms with Crippen molar-refractivity contribution in [1.82, 2.24) is 21.2 Å². The van der Waals surface area contributed by atoms with Crippen molar-refractivity contribution in [3.05, 3.63) is 42.0 Å². The Morgan fingerprint density at radius 2 is 1.64 bits per heavy atom. The van der Waals surface area contributed by atoms with E-state index in [9.17, 15) is 19.6 Å². The smallest absolute Gasteiger partial charge is 0.254 e. The van der Waals surface area contributed by atoms with E-state index in [2.05, 4.69) is 10.7 Å². The Labute approximate surface area is 203 Å². The molecule has 0 aromatic heterocycles. The van der Waals surface area contributed by atoms with E-state index in [0.717, 1.165) is 5.56 Å². The van der Waals surface area contributed by atoms with Crippen LogP contribution in [-0.2, 0) is 14.4 Å². The highest BCUT2D eigenvalue weighted by atomic mass is 35.5. The maximum absolute atomic E-state index is 13.3. The highest BCUT2D eigenvalue weighted by Crippen LogP contribution is 2.25. The molecule has 0 bridgehead atoms. The van der Waals surface area contributed by atoms with Gasteiger partial charge >= 0.3 is 0 Å². The lowest BCUT2D eigenvalue weighted by atomic mass is 9.82. The number of nitrogens with zero attached hydrogens (tertiary/aromatic N) is 1. The molecule has 0 saturated heterocycles. The Hall–Kier alpha value is -2.42. The molecular weight excluding hydrogens is 444 g/mol. The number of hydrazine groups is 1. The summed E-state index contributed by atoms with van der Waals surface area (Å²) in [5.41, 5.74) is 5.41. The molecule has 0 aliphatic carbocycles. The van der Waals surface area contributed by atoms with E-state index >= 15 is 0 Å². The fourth-order valence-corrected chi connectivity index (χ4v) is 3.45. The molecule has 0 unspecified atom stereocenters. The number of halogens is 1. The number of nitrogens with one attached hydrogen (secondary N) is 3. The summed E-state index contributed by atoms with van der Waals surface area (Å²) < 4.78 is 0. The first-order valence-electron chi connectivity index (χ1n) is 11.1. The van der Waals surface area contributed by atoms with E-state index in [1.54, 1.807) is 12.5 Å². The van der Waals surface area contributed by atoms with Crippen LogP contribution in [0.1, 0.15) is 46.1 Å². The zero-order chi connectivity index (χ0) is 24.1. The largest absolute Gasteiger partial charge is 0.311 e. The number of rotatable bonds is 12. The summed E-state index contributed by atoms with van der Waals surface area (Å²) in [6, 6.07) is 9.62. The number of benzene rings is 1. The van der Waals surface area contributed by atoms with Crippen LogP contribution in [0, 0.1) is 23.7 Å². The second-order valence-corrected chi connectivity index (χ2v) is 8.77. The average molecular weight is 483 g/mol. The molecule has 186 valence electrons. The molecule has 0 aliphatic heterocycles. The Kier molecular flexibility index (Phi) is 15.0. The molecule has 0 fully saturated rings. The van der Waals surface area contributed by atoms with Crippen LogP contribution in [0.3, 0.4) is 0 Å². The highest BCUT2D eigenvalue weighted by molar-refractivity contribution is 5.89. The van der Waals surface area contributed by atoms with E-state index in [-0.39, 0.29) is 43.1 Å². The summed E-state index contributed by atoms with van der Waals surface area (Å²) in [5.74, 6) is -2.53. The van der Waals surface area contributed by atoms with Crippen LogP contribution in [0.2, 0.25) is 0 Å². The molecule has 0 spiro atoms. The zero-order valence-electron chi connectivity index (χ0n) is 20.2. The van der Waals surface area contributed by atoms with Crippen molar-refractivity contribution in [2.75, 3.05) is 20.1 Å². The quantitative estimate of drug-likeness (QED) is 0.270. The second-order valence-electron chi connectivity index (χ2n) is 8.77. The predicted molar refractivity (Wildman–Crippen MR) is 132 cm³/mol. The fourth-order valence-electron chi connectivity index (χ4n) is 3.45. The van der Waals surface area contributed by atoms with E-state index in [0.29, 0.717) is 13.0 Å². The first kappa shape index (κ1) is 30.6. The third-order valence-electron chi connectivity index (χ3n) is 4.92. The molecule has 1 rings (SSSR count). The van der Waals surface area contributed by atoms with Crippen molar-refractivity contribution in [2.24, 2.45) is 23.7 Å². The lowest BCUT2D eigenvalue weighted by molar-refractivity contribution is -0.147. The van der Waals surface area contributed by atoms with Gasteiger partial charge in [0.1, 0.15) is 0 Å². The minimum Gasteiger partial charge on any atom is -0.311 e. The second kappa shape index (κ2) is 16.2. The maximum atomic E-state index is 13.3. The van der Waals surface area contributed by atoms with Crippen LogP contribution in [-0.4, -0.2) is 48.1 Å². The van der Waals surface area contributed by atoms with Crippen LogP contribution < -0.4 is 16.2 Å². The predicted octanol–water partition coefficient (Wildman–Crippen LogP) is 3.03. The van der Waals surface area contributed by atoms with Crippen LogP contribution >= 0.6 is 12.4 Å². The van der Waals surface area contributed by atoms with Gasteiger partial charge in [-0.05, 0) is 37.3 Å². The minimum atomic E-state index is -0.789. The number of carbonyl (C=O) groups excluding carboxylic acids is 3. The number of amides is 3. The van der Waals surface area contributed by atoms with E-state index < -0.39 is 23.7 Å².